The molecule has 4 heterocycles. The normalized spacial score (nSPS) is 34.1. The van der Waals surface area contributed by atoms with Crippen LogP contribution in [0.2, 0.25) is 0 Å². The van der Waals surface area contributed by atoms with Crippen LogP contribution in [0.3, 0.4) is 0 Å². The van der Waals surface area contributed by atoms with Crippen molar-refractivity contribution in [3.8, 4) is 0 Å². The van der Waals surface area contributed by atoms with Gasteiger partial charge in [0, 0.05) is 12.8 Å². The molecule has 89 heavy (non-hydrogen) atoms. The Kier molecular flexibility index (Phi) is 34.0. The van der Waals surface area contributed by atoms with Crippen LogP contribution in [-0.4, -0.2) is 265 Å². The van der Waals surface area contributed by atoms with E-state index in [9.17, 15) is 105 Å². The number of carbonyl (C=O) groups is 4. The number of ether oxygens (including phenoxy) is 8. The maximum absolute atomic E-state index is 14.1. The molecule has 4 saturated heterocycles. The number of nitrogens with one attached hydrogen (secondary N) is 1. The Balaban J connectivity index is 1.77. The maximum atomic E-state index is 14.1. The van der Waals surface area contributed by atoms with Gasteiger partial charge in [0.25, 0.3) is 11.6 Å². The van der Waals surface area contributed by atoms with Gasteiger partial charge in [-0.1, -0.05) is 129 Å². The number of carboxylic acids is 2. The molecule has 0 unspecified atom stereocenters. The Morgan fingerprint density at radius 3 is 1.62 bits per heavy atom. The number of aliphatic hydroxyl groups is 12. The van der Waals surface area contributed by atoms with E-state index in [1.54, 1.807) is 0 Å². The highest BCUT2D eigenvalue weighted by Gasteiger charge is 2.62. The average molecular weight is 1310 g/mol. The highest BCUT2D eigenvalue weighted by atomic mass is 31.2. The molecular formula is C56H101N2O30P. The molecule has 22 atom stereocenters. The molecule has 0 aliphatic carbocycles. The number of unbranched alkanes of at least 4 members (excludes halogenated alkanes) is 16. The van der Waals surface area contributed by atoms with Crippen molar-refractivity contribution in [3.63, 3.8) is 0 Å². The number of amides is 1. The second-order valence-corrected chi connectivity index (χ2v) is 25.0. The third-order valence-corrected chi connectivity index (χ3v) is 17.0. The monoisotopic (exact) mass is 1310 g/mol. The van der Waals surface area contributed by atoms with Crippen molar-refractivity contribution in [1.29, 1.82) is 0 Å². The quantitative estimate of drug-likeness (QED) is 0.0179. The molecule has 0 spiro atoms. The Labute approximate surface area is 517 Å². The number of aliphatic hydroxyl groups excluding tert-OH is 12. The van der Waals surface area contributed by atoms with Gasteiger partial charge in [0.2, 0.25) is 5.91 Å². The highest BCUT2D eigenvalue weighted by molar-refractivity contribution is 7.46. The minimum absolute atomic E-state index is 0.0848. The fourth-order valence-corrected chi connectivity index (χ4v) is 11.9. The summed E-state index contributed by atoms with van der Waals surface area (Å²) in [5, 5.41) is 152. The van der Waals surface area contributed by atoms with E-state index >= 15 is 0 Å². The number of nitrogens with two attached hydrogens (primary N) is 1. The number of rotatable bonds is 42. The first-order valence-corrected chi connectivity index (χ1v) is 32.7. The van der Waals surface area contributed by atoms with Crippen LogP contribution < -0.4 is 11.1 Å². The van der Waals surface area contributed by atoms with Crippen molar-refractivity contribution in [2.75, 3.05) is 26.4 Å². The molecular weight excluding hydrogens is 1210 g/mol. The number of aliphatic carboxylic acids is 2. The summed E-state index contributed by atoms with van der Waals surface area (Å²) in [6.07, 6.45) is -23.6. The molecule has 0 bridgehead atoms. The molecule has 1 amide bonds. The van der Waals surface area contributed by atoms with Crippen LogP contribution in [0.4, 0.5) is 0 Å². The van der Waals surface area contributed by atoms with Gasteiger partial charge in [-0.25, -0.2) is 14.2 Å². The number of phosphoric acid groups is 1. The molecule has 33 heteroatoms. The van der Waals surface area contributed by atoms with Crippen molar-refractivity contribution in [2.45, 2.75) is 302 Å². The fraction of sp³-hybridized carbons (Fsp3) is 0.929. The maximum Gasteiger partial charge on any atom is 0.470 e. The van der Waals surface area contributed by atoms with Crippen molar-refractivity contribution >= 4 is 31.6 Å². The van der Waals surface area contributed by atoms with Gasteiger partial charge >= 0.3 is 25.7 Å². The molecule has 4 aliphatic rings. The molecule has 0 aromatic rings. The van der Waals surface area contributed by atoms with Crippen LogP contribution >= 0.6 is 7.82 Å². The molecule has 0 aromatic heterocycles. The van der Waals surface area contributed by atoms with Gasteiger partial charge < -0.3 is 130 Å². The van der Waals surface area contributed by atoms with Crippen molar-refractivity contribution in [3.05, 3.63) is 0 Å². The zero-order valence-corrected chi connectivity index (χ0v) is 51.6. The molecule has 0 radical (unpaired) electrons. The largest absolute Gasteiger partial charge is 0.477 e. The third kappa shape index (κ3) is 24.2. The molecule has 520 valence electrons. The summed E-state index contributed by atoms with van der Waals surface area (Å²) in [4.78, 5) is 75.8. The number of hydrogen-bond acceptors (Lipinski definition) is 27. The van der Waals surface area contributed by atoms with E-state index in [-0.39, 0.29) is 12.8 Å². The van der Waals surface area contributed by atoms with Crippen LogP contribution in [0.5, 0.6) is 0 Å². The third-order valence-electron chi connectivity index (χ3n) is 16.5. The van der Waals surface area contributed by atoms with Gasteiger partial charge in [-0.15, -0.1) is 0 Å². The number of hydrogen-bond donors (Lipinski definition) is 18. The predicted octanol–water partition coefficient (Wildman–Crippen LogP) is -1.96. The molecule has 4 aliphatic heterocycles. The van der Waals surface area contributed by atoms with Crippen molar-refractivity contribution in [2.24, 2.45) is 5.73 Å². The summed E-state index contributed by atoms with van der Waals surface area (Å²) in [6.45, 7) is -0.562. The lowest BCUT2D eigenvalue weighted by Gasteiger charge is -2.50. The summed E-state index contributed by atoms with van der Waals surface area (Å²) in [6, 6.07) is -3.55. The Morgan fingerprint density at radius 2 is 1.11 bits per heavy atom. The lowest BCUT2D eigenvalue weighted by molar-refractivity contribution is -0.378. The molecule has 0 aromatic carbocycles. The van der Waals surface area contributed by atoms with Crippen LogP contribution in [0.1, 0.15) is 168 Å². The topological polar surface area (TPSA) is 530 Å². The van der Waals surface area contributed by atoms with Crippen LogP contribution in [0.15, 0.2) is 0 Å². The van der Waals surface area contributed by atoms with Gasteiger partial charge in [0.1, 0.15) is 73.2 Å². The zero-order chi connectivity index (χ0) is 66.2. The first-order valence-electron chi connectivity index (χ1n) is 31.1. The first-order chi connectivity index (χ1) is 42.1. The summed E-state index contributed by atoms with van der Waals surface area (Å²) in [7, 11) is -5.90. The second kappa shape index (κ2) is 38.5. The second-order valence-electron chi connectivity index (χ2n) is 23.8. The number of esters is 1. The minimum atomic E-state index is -5.90. The number of phosphoric ester groups is 1. The lowest BCUT2D eigenvalue weighted by atomic mass is 9.90. The van der Waals surface area contributed by atoms with Crippen molar-refractivity contribution in [1.82, 2.24) is 5.32 Å². The summed E-state index contributed by atoms with van der Waals surface area (Å²) in [5.74, 6) is -13.2. The van der Waals surface area contributed by atoms with E-state index < -0.39 is 218 Å². The molecule has 32 nitrogen and oxygen atoms in total. The highest BCUT2D eigenvalue weighted by Crippen LogP contribution is 2.45. The number of carbonyl (C=O) groups excluding carboxylic acids is 2. The van der Waals surface area contributed by atoms with Gasteiger partial charge in [-0.3, -0.25) is 14.1 Å². The van der Waals surface area contributed by atoms with E-state index in [1.165, 1.54) is 0 Å². The standard InChI is InChI=1S/C56H101N2O30P/c1-3-5-7-9-11-13-15-17-19-21-31(61)23-39(66)58-42-50(84-40(67)24-32(62)22-20-18-16-14-12-10-8-6-4-2)49(88-89(77,78)79)38(83-52(42)80-29-37-44(69)46(71)41(57)51(72)82-37)30-81-55(53(73)74)26-36(45(70)48(86-55)35(65)28-60)85-56(54(75)76)25-33(63)43(68)47(87-56)34(64)27-59/h31-38,41-52,59-65,68-72H,3-30,57H2,1-2H3,(H,58,66)(H,73,74)(H,75,76)(H2,77,78,79)/t31-,32-,33-,34-,35-,36-,37-,38-,41-,42-,43-,44-,45-,46-,47-,48-,49-,50-,51+,52-,55-,56-/m1/s1. The fourth-order valence-electron chi connectivity index (χ4n) is 11.3. The van der Waals surface area contributed by atoms with Gasteiger partial charge in [0.05, 0.1) is 69.7 Å². The van der Waals surface area contributed by atoms with E-state index in [0.29, 0.717) is 19.3 Å². The first kappa shape index (κ1) is 78.6. The number of carboxylic acid groups (broad SMARTS) is 2. The minimum Gasteiger partial charge on any atom is -0.477 e. The van der Waals surface area contributed by atoms with Crippen molar-refractivity contribution < 1.29 is 147 Å². The zero-order valence-electron chi connectivity index (χ0n) is 50.7. The van der Waals surface area contributed by atoms with Crippen LogP contribution in [0, 0.1) is 0 Å². The summed E-state index contributed by atoms with van der Waals surface area (Å²) in [5.41, 5.74) is 5.78. The van der Waals surface area contributed by atoms with E-state index in [0.717, 1.165) is 96.3 Å². The molecule has 19 N–H and O–H groups in total. The Morgan fingerprint density at radius 1 is 0.618 bits per heavy atom. The van der Waals surface area contributed by atoms with Crippen LogP contribution in [-0.2, 0) is 66.2 Å². The Hall–Kier alpha value is -2.81. The molecule has 4 rings (SSSR count). The van der Waals surface area contributed by atoms with Gasteiger partial charge in [-0.05, 0) is 12.8 Å². The smallest absolute Gasteiger partial charge is 0.470 e. The van der Waals surface area contributed by atoms with Gasteiger partial charge in [0.15, 0.2) is 18.7 Å². The molecule has 4 fully saturated rings. The SMILES string of the molecule is CCCCCCCCCCC[C@@H](O)CC(=O)N[C@H]1[C@H](OC[C@H]2O[C@H](O)[C@H](N)[C@@H](O)[C@@H]2O)O[C@H](CO[C@]2(C(=O)O)C[C@@H](O[C@]3(C(=O)O)C[C@@H](O)[C@@H](O)[C@@H]([C@H](O)CO)O3)[C@@H](O)[C@@H]([C@H](O)CO)O2)[C@@H](OP(=O)(O)O)[C@@H]1OC(=O)C[C@H](O)CCCCCCCCCCC. The lowest BCUT2D eigenvalue weighted by Crippen LogP contribution is -2.69. The summed E-state index contributed by atoms with van der Waals surface area (Å²) >= 11 is 0. The predicted molar refractivity (Wildman–Crippen MR) is 304 cm³/mol. The van der Waals surface area contributed by atoms with Crippen LogP contribution in [0.25, 0.3) is 0 Å². The summed E-state index contributed by atoms with van der Waals surface area (Å²) < 4.78 is 64.4. The molecule has 0 saturated carbocycles. The van der Waals surface area contributed by atoms with Gasteiger partial charge in [-0.2, -0.15) is 0 Å². The average Bonchev–Trinajstić information content (AvgIpc) is 1.03. The van der Waals surface area contributed by atoms with E-state index in [2.05, 4.69) is 19.2 Å². The van der Waals surface area contributed by atoms with E-state index in [1.807, 2.05) is 0 Å². The van der Waals surface area contributed by atoms with E-state index in [4.69, 9.17) is 48.2 Å². The Bertz CT molecular complexity index is 2140.